The minimum absolute atomic E-state index is 0.00759. The highest BCUT2D eigenvalue weighted by molar-refractivity contribution is 7.91. The third kappa shape index (κ3) is 5.17. The lowest BCUT2D eigenvalue weighted by Gasteiger charge is -2.27. The van der Waals surface area contributed by atoms with E-state index in [0.29, 0.717) is 23.6 Å². The topological polar surface area (TPSA) is 96.5 Å². The first-order valence-electron chi connectivity index (χ1n) is 13.1. The van der Waals surface area contributed by atoms with E-state index in [1.54, 1.807) is 24.3 Å². The molecule has 6 rings (SSSR count). The lowest BCUT2D eigenvalue weighted by atomic mass is 10.00. The van der Waals surface area contributed by atoms with Gasteiger partial charge in [-0.15, -0.1) is 10.2 Å². The Labute approximate surface area is 207 Å². The number of hydrogen-bond acceptors (Lipinski definition) is 8. The highest BCUT2D eigenvalue weighted by Crippen LogP contribution is 2.40. The molecule has 0 radical (unpaired) electrons. The molecule has 1 aromatic carbocycles. The molecule has 4 fully saturated rings. The Morgan fingerprint density at radius 2 is 1.63 bits per heavy atom. The molecule has 4 aliphatic rings. The van der Waals surface area contributed by atoms with Crippen molar-refractivity contribution >= 4 is 21.3 Å². The number of hydrogen-bond donors (Lipinski definition) is 2. The summed E-state index contributed by atoms with van der Waals surface area (Å²) in [5.41, 5.74) is 0.551. The molecule has 0 amide bonds. The second kappa shape index (κ2) is 9.67. The van der Waals surface area contributed by atoms with Crippen molar-refractivity contribution in [2.75, 3.05) is 43.5 Å². The highest BCUT2D eigenvalue weighted by Gasteiger charge is 2.41. The first-order valence-corrected chi connectivity index (χ1v) is 14.5. The van der Waals surface area contributed by atoms with Gasteiger partial charge in [-0.1, -0.05) is 18.2 Å². The molecule has 0 bridgehead atoms. The summed E-state index contributed by atoms with van der Waals surface area (Å²) in [7, 11) is -3.74. The molecule has 1 aromatic heterocycles. The van der Waals surface area contributed by atoms with Crippen LogP contribution in [0.4, 0.5) is 11.5 Å². The standard InChI is InChI=1S/C26H35N5O3S/c32-35(33,23-4-2-1-3-5-23)26-24(27-21-6-7-21)14-25(29-30-26)28-22-12-19-16-31(17-20(19)13-22)15-18-8-10-34-11-9-18/h1-5,14,18-22H,6-13,15-17H2,(H2,27,28,29)/t19-,20+,22?. The van der Waals surface area contributed by atoms with Crippen molar-refractivity contribution in [3.63, 3.8) is 0 Å². The molecule has 35 heavy (non-hydrogen) atoms. The molecule has 1 unspecified atom stereocenters. The van der Waals surface area contributed by atoms with Crippen LogP contribution in [0.25, 0.3) is 0 Å². The summed E-state index contributed by atoms with van der Waals surface area (Å²) >= 11 is 0. The molecule has 2 aromatic rings. The van der Waals surface area contributed by atoms with E-state index in [1.165, 1.54) is 32.5 Å². The first-order chi connectivity index (χ1) is 17.0. The van der Waals surface area contributed by atoms with Crippen LogP contribution in [0.5, 0.6) is 0 Å². The number of anilines is 2. The number of likely N-dealkylation sites (tertiary alicyclic amines) is 1. The molecule has 188 valence electrons. The van der Waals surface area contributed by atoms with Crippen molar-refractivity contribution < 1.29 is 13.2 Å². The van der Waals surface area contributed by atoms with E-state index in [9.17, 15) is 8.42 Å². The fourth-order valence-corrected chi connectivity index (χ4v) is 7.37. The Hall–Kier alpha value is -2.23. The maximum Gasteiger partial charge on any atom is 0.227 e. The van der Waals surface area contributed by atoms with E-state index in [2.05, 4.69) is 25.7 Å². The number of nitrogens with one attached hydrogen (secondary N) is 2. The predicted molar refractivity (Wildman–Crippen MR) is 134 cm³/mol. The van der Waals surface area contributed by atoms with Gasteiger partial charge in [-0.2, -0.15) is 0 Å². The van der Waals surface area contributed by atoms with Crippen LogP contribution in [0.3, 0.4) is 0 Å². The van der Waals surface area contributed by atoms with Crippen molar-refractivity contribution in [2.24, 2.45) is 17.8 Å². The van der Waals surface area contributed by atoms with Gasteiger partial charge in [-0.25, -0.2) is 8.42 Å². The third-order valence-corrected chi connectivity index (χ3v) is 9.74. The quantitative estimate of drug-likeness (QED) is 0.573. The van der Waals surface area contributed by atoms with Crippen molar-refractivity contribution in [1.29, 1.82) is 0 Å². The summed E-state index contributed by atoms with van der Waals surface area (Å²) < 4.78 is 32.0. The van der Waals surface area contributed by atoms with Crippen LogP contribution in [0, 0.1) is 17.8 Å². The number of nitrogens with zero attached hydrogens (tertiary/aromatic N) is 3. The number of ether oxygens (including phenoxy) is 1. The van der Waals surface area contributed by atoms with E-state index in [4.69, 9.17) is 4.74 Å². The van der Waals surface area contributed by atoms with E-state index >= 15 is 0 Å². The summed E-state index contributed by atoms with van der Waals surface area (Å²) in [5, 5.41) is 15.5. The van der Waals surface area contributed by atoms with Gasteiger partial charge < -0.3 is 20.3 Å². The number of aromatic nitrogens is 2. The van der Waals surface area contributed by atoms with E-state index in [1.807, 2.05) is 12.1 Å². The van der Waals surface area contributed by atoms with Gasteiger partial charge in [0, 0.05) is 51.0 Å². The van der Waals surface area contributed by atoms with Crippen LogP contribution in [0.15, 0.2) is 46.3 Å². The van der Waals surface area contributed by atoms with Crippen LogP contribution in [-0.2, 0) is 14.6 Å². The highest BCUT2D eigenvalue weighted by atomic mass is 32.2. The van der Waals surface area contributed by atoms with Crippen molar-refractivity contribution in [3.05, 3.63) is 36.4 Å². The Kier molecular flexibility index (Phi) is 6.41. The average Bonchev–Trinajstić information content (AvgIpc) is 3.49. The van der Waals surface area contributed by atoms with Gasteiger partial charge in [0.2, 0.25) is 14.9 Å². The van der Waals surface area contributed by atoms with Crippen LogP contribution < -0.4 is 10.6 Å². The predicted octanol–water partition coefficient (Wildman–Crippen LogP) is 3.43. The second-order valence-corrected chi connectivity index (χ2v) is 12.7. The van der Waals surface area contributed by atoms with E-state index in [0.717, 1.165) is 56.7 Å². The van der Waals surface area contributed by atoms with Crippen LogP contribution in [0.2, 0.25) is 0 Å². The zero-order valence-corrected chi connectivity index (χ0v) is 20.9. The summed E-state index contributed by atoms with van der Waals surface area (Å²) in [4.78, 5) is 2.91. The molecule has 2 aliphatic carbocycles. The molecule has 2 aliphatic heterocycles. The molecule has 8 nitrogen and oxygen atoms in total. The number of fused-ring (bicyclic) bond motifs is 1. The fourth-order valence-electron chi connectivity index (χ4n) is 6.08. The second-order valence-electron chi connectivity index (χ2n) is 10.8. The van der Waals surface area contributed by atoms with E-state index < -0.39 is 9.84 Å². The number of rotatable bonds is 8. The normalized spacial score (nSPS) is 27.6. The molecule has 3 heterocycles. The van der Waals surface area contributed by atoms with Crippen LogP contribution in [0.1, 0.15) is 38.5 Å². The summed E-state index contributed by atoms with van der Waals surface area (Å²) in [5.74, 6) is 2.89. The molecular formula is C26H35N5O3S. The molecule has 2 saturated heterocycles. The Morgan fingerprint density at radius 3 is 2.31 bits per heavy atom. The molecule has 3 atom stereocenters. The molecule has 2 N–H and O–H groups in total. The number of benzene rings is 1. The lowest BCUT2D eigenvalue weighted by molar-refractivity contribution is 0.0545. The zero-order valence-electron chi connectivity index (χ0n) is 20.1. The summed E-state index contributed by atoms with van der Waals surface area (Å²) in [6, 6.07) is 11.0. The molecule has 2 saturated carbocycles. The van der Waals surface area contributed by atoms with Gasteiger partial charge in [-0.05, 0) is 68.4 Å². The van der Waals surface area contributed by atoms with Gasteiger partial charge >= 0.3 is 0 Å². The monoisotopic (exact) mass is 497 g/mol. The van der Waals surface area contributed by atoms with Crippen molar-refractivity contribution in [1.82, 2.24) is 15.1 Å². The average molecular weight is 498 g/mol. The fraction of sp³-hybridized carbons (Fsp3) is 0.615. The maximum atomic E-state index is 13.2. The van der Waals surface area contributed by atoms with Gasteiger partial charge in [0.15, 0.2) is 5.82 Å². The van der Waals surface area contributed by atoms with Crippen molar-refractivity contribution in [3.8, 4) is 0 Å². The Morgan fingerprint density at radius 1 is 0.914 bits per heavy atom. The minimum Gasteiger partial charge on any atom is -0.381 e. The minimum atomic E-state index is -3.74. The van der Waals surface area contributed by atoms with Crippen LogP contribution in [-0.4, -0.2) is 68.4 Å². The van der Waals surface area contributed by atoms with Gasteiger partial charge in [0.05, 0.1) is 10.6 Å². The number of sulfone groups is 1. The largest absolute Gasteiger partial charge is 0.381 e. The Bertz CT molecular complexity index is 1120. The van der Waals surface area contributed by atoms with Crippen molar-refractivity contribution in [2.45, 2.75) is 60.5 Å². The van der Waals surface area contributed by atoms with E-state index in [-0.39, 0.29) is 9.92 Å². The lowest BCUT2D eigenvalue weighted by Crippen LogP contribution is -2.32. The first kappa shape index (κ1) is 23.2. The maximum absolute atomic E-state index is 13.2. The summed E-state index contributed by atoms with van der Waals surface area (Å²) in [6.45, 7) is 5.43. The van der Waals surface area contributed by atoms with Gasteiger partial charge in [-0.3, -0.25) is 0 Å². The summed E-state index contributed by atoms with van der Waals surface area (Å²) in [6.07, 6.45) is 6.75. The molecular weight excluding hydrogens is 462 g/mol. The smallest absolute Gasteiger partial charge is 0.227 e. The SMILES string of the molecule is O=S(=O)(c1ccccc1)c1nnc(NC2C[C@@H]3CN(CC4CCOCC4)C[C@@H]3C2)cc1NC1CC1. The van der Waals surface area contributed by atoms with Gasteiger partial charge in [0.25, 0.3) is 0 Å². The van der Waals surface area contributed by atoms with Crippen LogP contribution >= 0.6 is 0 Å². The Balaban J connectivity index is 1.12. The molecule has 0 spiro atoms. The third-order valence-electron chi connectivity index (χ3n) is 8.04. The molecule has 9 heteroatoms. The van der Waals surface area contributed by atoms with Gasteiger partial charge in [0.1, 0.15) is 0 Å². The zero-order chi connectivity index (χ0) is 23.8.